The van der Waals surface area contributed by atoms with Crippen molar-refractivity contribution in [3.05, 3.63) is 44.1 Å². The molecule has 1 aromatic rings. The van der Waals surface area contributed by atoms with Crippen LogP contribution in [0.1, 0.15) is 18.1 Å². The van der Waals surface area contributed by atoms with Gasteiger partial charge in [0.05, 0.1) is 24.2 Å². The van der Waals surface area contributed by atoms with Crippen LogP contribution in [0, 0.1) is 13.8 Å². The summed E-state index contributed by atoms with van der Waals surface area (Å²) in [6, 6.07) is 3.53. The predicted molar refractivity (Wildman–Crippen MR) is 109 cm³/mol. The largest absolute Gasteiger partial charge is 0.481 e. The molecule has 0 unspecified atom stereocenters. The number of aromatic nitrogens is 4. The van der Waals surface area contributed by atoms with Crippen molar-refractivity contribution in [1.82, 2.24) is 19.5 Å². The summed E-state index contributed by atoms with van der Waals surface area (Å²) in [7, 11) is 0. The smallest absolute Gasteiger partial charge is 0.349 e. The van der Waals surface area contributed by atoms with Crippen molar-refractivity contribution in [1.29, 1.82) is 0 Å². The highest BCUT2D eigenvalue weighted by atomic mass is 16.4. The minimum Gasteiger partial charge on any atom is -0.481 e. The van der Waals surface area contributed by atoms with E-state index in [0.717, 1.165) is 18.1 Å². The third-order valence-corrected chi connectivity index (χ3v) is 4.57. The van der Waals surface area contributed by atoms with Gasteiger partial charge < -0.3 is 30.1 Å². The van der Waals surface area contributed by atoms with E-state index in [1.54, 1.807) is 12.1 Å². The van der Waals surface area contributed by atoms with Gasteiger partial charge in [0.1, 0.15) is 18.3 Å². The van der Waals surface area contributed by atoms with E-state index in [4.69, 9.17) is 15.0 Å². The van der Waals surface area contributed by atoms with E-state index in [9.17, 15) is 24.9 Å². The number of fused-ring (bicyclic) bond motifs is 2. The molecule has 0 fully saturated rings. The molecule has 0 aliphatic carbocycles. The molecular formula is C19H24N4O8. The number of carboxylic acid groups (broad SMARTS) is 1. The summed E-state index contributed by atoms with van der Waals surface area (Å²) in [4.78, 5) is 43.0. The van der Waals surface area contributed by atoms with Gasteiger partial charge in [-0.15, -0.1) is 0 Å². The lowest BCUT2D eigenvalue weighted by molar-refractivity contribution is -0.134. The molecule has 168 valence electrons. The average molecular weight is 436 g/mol. The van der Waals surface area contributed by atoms with Gasteiger partial charge in [-0.1, -0.05) is 0 Å². The summed E-state index contributed by atoms with van der Waals surface area (Å²) < 4.78 is 1.40. The van der Waals surface area contributed by atoms with Crippen LogP contribution in [0.4, 0.5) is 0 Å². The molecule has 0 amide bonds. The molecule has 31 heavy (non-hydrogen) atoms. The molecule has 2 heterocycles. The number of nitrogens with one attached hydrogen (secondary N) is 1. The maximum absolute atomic E-state index is 12.2. The third-order valence-electron chi connectivity index (χ3n) is 4.57. The first-order valence-corrected chi connectivity index (χ1v) is 9.22. The molecule has 0 spiro atoms. The van der Waals surface area contributed by atoms with Crippen LogP contribution < -0.4 is 11.2 Å². The van der Waals surface area contributed by atoms with Crippen LogP contribution in [0.2, 0.25) is 0 Å². The van der Waals surface area contributed by atoms with Crippen molar-refractivity contribution in [3.8, 4) is 11.5 Å². The molecule has 0 aromatic heterocycles. The van der Waals surface area contributed by atoms with E-state index in [1.807, 2.05) is 13.8 Å². The number of hydrogen-bond acceptors (Lipinski definition) is 9. The molecule has 0 bridgehead atoms. The minimum absolute atomic E-state index is 0.0516. The molecule has 3 atom stereocenters. The topological polar surface area (TPSA) is 199 Å². The fourth-order valence-electron chi connectivity index (χ4n) is 2.89. The molecular weight excluding hydrogens is 412 g/mol. The molecule has 3 rings (SSSR count). The lowest BCUT2D eigenvalue weighted by atomic mass is 10.1. The van der Waals surface area contributed by atoms with Crippen molar-refractivity contribution in [2.75, 3.05) is 6.61 Å². The number of aliphatic carboxylic acids is 1. The van der Waals surface area contributed by atoms with Crippen molar-refractivity contribution >= 4 is 17.0 Å². The highest BCUT2D eigenvalue weighted by Gasteiger charge is 2.27. The molecule has 6 N–H and O–H groups in total. The molecule has 12 heteroatoms. The number of rotatable bonds is 5. The average Bonchev–Trinajstić information content (AvgIpc) is 2.68. The zero-order chi connectivity index (χ0) is 23.5. The lowest BCUT2D eigenvalue weighted by Gasteiger charge is -2.25. The Morgan fingerprint density at radius 1 is 1.10 bits per heavy atom. The Kier molecular flexibility index (Phi) is 7.57. The van der Waals surface area contributed by atoms with E-state index >= 15 is 0 Å². The van der Waals surface area contributed by atoms with Gasteiger partial charge in [0.25, 0.3) is 11.5 Å². The first-order chi connectivity index (χ1) is 14.5. The number of nitrogens with zero attached hydrogens (tertiary/aromatic N) is 3. The number of benzene rings is 1. The van der Waals surface area contributed by atoms with Gasteiger partial charge in [0.2, 0.25) is 0 Å². The zero-order valence-corrected chi connectivity index (χ0v) is 17.1. The Morgan fingerprint density at radius 3 is 2.26 bits per heavy atom. The summed E-state index contributed by atoms with van der Waals surface area (Å²) in [6.07, 6.45) is -4.68. The maximum Gasteiger partial charge on any atom is 0.349 e. The Morgan fingerprint density at radius 2 is 1.68 bits per heavy atom. The van der Waals surface area contributed by atoms with Crippen LogP contribution in [0.25, 0.3) is 22.6 Å². The second kappa shape index (κ2) is 9.75. The van der Waals surface area contributed by atoms with Crippen molar-refractivity contribution in [3.63, 3.8) is 0 Å². The highest BCUT2D eigenvalue weighted by Crippen LogP contribution is 2.24. The lowest BCUT2D eigenvalue weighted by Crippen LogP contribution is -2.42. The van der Waals surface area contributed by atoms with Gasteiger partial charge in [0, 0.05) is 6.92 Å². The number of aryl methyl sites for hydroxylation is 2. The second-order valence-corrected chi connectivity index (χ2v) is 7.02. The quantitative estimate of drug-likeness (QED) is 0.252. The monoisotopic (exact) mass is 436 g/mol. The zero-order valence-electron chi connectivity index (χ0n) is 17.1. The molecule has 0 saturated carbocycles. The molecule has 12 nitrogen and oxygen atoms in total. The Hall–Kier alpha value is -3.19. The van der Waals surface area contributed by atoms with E-state index in [-0.39, 0.29) is 18.1 Å². The summed E-state index contributed by atoms with van der Waals surface area (Å²) in [5.74, 6) is -0.885. The second-order valence-electron chi connectivity index (χ2n) is 7.02. The summed E-state index contributed by atoms with van der Waals surface area (Å²) in [5, 5.41) is 46.2. The van der Waals surface area contributed by atoms with Crippen molar-refractivity contribution < 1.29 is 30.3 Å². The first kappa shape index (κ1) is 24.1. The van der Waals surface area contributed by atoms with Gasteiger partial charge in [-0.05, 0) is 37.1 Å². The number of aromatic amines is 1. The number of carboxylic acids is 1. The number of hydrogen-bond donors (Lipinski definition) is 6. The number of aliphatic hydroxyl groups excluding tert-OH is 4. The summed E-state index contributed by atoms with van der Waals surface area (Å²) >= 11 is 0. The fraction of sp³-hybridized carbons (Fsp3) is 0.421. The number of carbonyl (C=O) groups is 1. The van der Waals surface area contributed by atoms with E-state index < -0.39 is 42.1 Å². The molecule has 2 aliphatic rings. The third kappa shape index (κ3) is 5.49. The normalized spacial score (nSPS) is 14.0. The SMILES string of the molecule is CC(=O)O.Cc1cc2nc3c(=O)[nH]c(=O)nc-3n(C[C@H](O)[C@H](O)[C@H](O)CO)c2cc1C. The predicted octanol–water partition coefficient (Wildman–Crippen LogP) is -1.63. The number of H-pyrrole nitrogens is 1. The highest BCUT2D eigenvalue weighted by molar-refractivity contribution is 5.81. The standard InChI is InChI=1S/C17H20N4O6.C2H4O2/c1-7-3-9-10(4-8(7)2)21(5-11(23)14(25)12(24)6-22)15-13(18-9)16(26)20-17(27)19-15;1-2(3)4/h3-4,11-12,14,22-25H,5-6H2,1-2H3,(H,20,26,27);1H3,(H,3,4)/t11-,12+,14-;/m0./s1. The van der Waals surface area contributed by atoms with Gasteiger partial charge in [-0.3, -0.25) is 14.6 Å². The van der Waals surface area contributed by atoms with E-state index in [0.29, 0.717) is 11.0 Å². The van der Waals surface area contributed by atoms with E-state index in [2.05, 4.69) is 15.0 Å². The summed E-state index contributed by atoms with van der Waals surface area (Å²) in [5.41, 5.74) is 1.11. The molecule has 1 aromatic carbocycles. The van der Waals surface area contributed by atoms with Gasteiger partial charge in [-0.2, -0.15) is 4.98 Å². The fourth-order valence-corrected chi connectivity index (χ4v) is 2.89. The summed E-state index contributed by atoms with van der Waals surface area (Å²) in [6.45, 7) is 3.81. The Labute approximate surface area is 175 Å². The minimum atomic E-state index is -1.64. The van der Waals surface area contributed by atoms with Crippen LogP contribution in [0.5, 0.6) is 0 Å². The Balaban J connectivity index is 0.000000785. The van der Waals surface area contributed by atoms with Gasteiger partial charge >= 0.3 is 5.69 Å². The molecule has 2 aliphatic heterocycles. The van der Waals surface area contributed by atoms with Crippen LogP contribution >= 0.6 is 0 Å². The van der Waals surface area contributed by atoms with Crippen molar-refractivity contribution in [2.24, 2.45) is 0 Å². The van der Waals surface area contributed by atoms with Crippen LogP contribution in [-0.4, -0.2) is 75.9 Å². The molecule has 0 radical (unpaired) electrons. The Bertz CT molecular complexity index is 1170. The maximum atomic E-state index is 12.2. The van der Waals surface area contributed by atoms with Crippen LogP contribution in [0.15, 0.2) is 21.7 Å². The number of aliphatic hydroxyl groups is 4. The van der Waals surface area contributed by atoms with Gasteiger partial charge in [0.15, 0.2) is 11.5 Å². The molecule has 0 saturated heterocycles. The van der Waals surface area contributed by atoms with Crippen LogP contribution in [0.3, 0.4) is 0 Å². The first-order valence-electron chi connectivity index (χ1n) is 9.22. The van der Waals surface area contributed by atoms with E-state index in [1.165, 1.54) is 4.57 Å². The van der Waals surface area contributed by atoms with Crippen LogP contribution in [-0.2, 0) is 11.3 Å². The van der Waals surface area contributed by atoms with Gasteiger partial charge in [-0.25, -0.2) is 9.78 Å². The van der Waals surface area contributed by atoms with Crippen molar-refractivity contribution in [2.45, 2.75) is 45.6 Å².